The molecule has 2 aromatic carbocycles. The van der Waals surface area contributed by atoms with E-state index in [1.807, 2.05) is 0 Å². The fourth-order valence-electron chi connectivity index (χ4n) is 3.17. The normalized spacial score (nSPS) is 15.4. The fraction of sp³-hybridized carbons (Fsp3) is 0.263. The van der Waals surface area contributed by atoms with Gasteiger partial charge in [0.15, 0.2) is 11.6 Å². The first-order valence-electron chi connectivity index (χ1n) is 8.51. The Bertz CT molecular complexity index is 1090. The average molecular weight is 428 g/mol. The minimum absolute atomic E-state index is 0.141. The van der Waals surface area contributed by atoms with Crippen LogP contribution < -0.4 is 4.18 Å². The van der Waals surface area contributed by atoms with Gasteiger partial charge in [0.25, 0.3) is 0 Å². The molecule has 29 heavy (non-hydrogen) atoms. The van der Waals surface area contributed by atoms with Gasteiger partial charge >= 0.3 is 15.6 Å². The predicted octanol–water partition coefficient (Wildman–Crippen LogP) is 3.57. The van der Waals surface area contributed by atoms with E-state index >= 15 is 0 Å². The van der Waals surface area contributed by atoms with Crippen molar-refractivity contribution in [3.63, 3.8) is 0 Å². The Kier molecular flexibility index (Phi) is 5.40. The lowest BCUT2D eigenvalue weighted by atomic mass is 10.1. The Labute approximate surface area is 164 Å². The van der Waals surface area contributed by atoms with E-state index in [1.165, 1.54) is 12.1 Å². The number of hydrogen-bond donors (Lipinski definition) is 1. The molecule has 0 radical (unpaired) electrons. The van der Waals surface area contributed by atoms with Crippen molar-refractivity contribution in [1.82, 2.24) is 0 Å². The first kappa shape index (κ1) is 20.8. The molecule has 2 aliphatic rings. The summed E-state index contributed by atoms with van der Waals surface area (Å²) in [6.45, 7) is 0. The van der Waals surface area contributed by atoms with Gasteiger partial charge in [-0.25, -0.2) is 0 Å². The molecule has 0 atom stereocenters. The number of Topliss-reactive ketones (excluding diaryl/α,β-unsaturated/α-hetero) is 2. The van der Waals surface area contributed by atoms with Crippen LogP contribution in [-0.4, -0.2) is 30.6 Å². The molecule has 0 fully saturated rings. The first-order valence-corrected chi connectivity index (χ1v) is 9.92. The van der Waals surface area contributed by atoms with Crippen molar-refractivity contribution in [3.05, 3.63) is 58.7 Å². The first-order chi connectivity index (χ1) is 13.5. The Morgan fingerprint density at radius 1 is 0.828 bits per heavy atom. The van der Waals surface area contributed by atoms with Crippen LogP contribution in [0.2, 0.25) is 0 Å². The number of carbonyl (C=O) groups is 2. The number of carbonyl (C=O) groups excluding carboxylic acids is 2. The van der Waals surface area contributed by atoms with Crippen molar-refractivity contribution in [2.75, 3.05) is 0 Å². The maximum Gasteiger partial charge on any atom is 0.534 e. The number of fused-ring (bicyclic) bond motifs is 2. The summed E-state index contributed by atoms with van der Waals surface area (Å²) in [4.78, 5) is 22.5. The van der Waals surface area contributed by atoms with Crippen LogP contribution in [0.5, 0.6) is 11.5 Å². The van der Waals surface area contributed by atoms with Crippen molar-refractivity contribution in [2.45, 2.75) is 31.2 Å². The molecule has 0 aliphatic heterocycles. The van der Waals surface area contributed by atoms with Crippen LogP contribution in [0, 0.1) is 0 Å². The monoisotopic (exact) mass is 428 g/mol. The highest BCUT2D eigenvalue weighted by molar-refractivity contribution is 7.88. The summed E-state index contributed by atoms with van der Waals surface area (Å²) >= 11 is 0. The van der Waals surface area contributed by atoms with E-state index in [4.69, 9.17) is 0 Å². The third-order valence-electron chi connectivity index (χ3n) is 4.57. The lowest BCUT2D eigenvalue weighted by Gasteiger charge is -2.11. The summed E-state index contributed by atoms with van der Waals surface area (Å²) in [6, 6.07) is 8.90. The highest BCUT2D eigenvalue weighted by Crippen LogP contribution is 2.34. The number of phenolic OH excluding ortho intramolecular Hbond substituents is 1. The summed E-state index contributed by atoms with van der Waals surface area (Å²) in [5.74, 6) is -0.264. The van der Waals surface area contributed by atoms with Crippen molar-refractivity contribution < 1.29 is 40.5 Å². The van der Waals surface area contributed by atoms with Gasteiger partial charge < -0.3 is 9.29 Å². The molecule has 0 aromatic heterocycles. The molecule has 0 saturated heterocycles. The molecule has 0 heterocycles. The van der Waals surface area contributed by atoms with E-state index in [-0.39, 0.29) is 41.3 Å². The zero-order chi connectivity index (χ0) is 21.4. The van der Waals surface area contributed by atoms with Gasteiger partial charge in [-0.05, 0) is 25.0 Å². The number of halogens is 3. The standard InChI is InChI=1S/C10H7F3O4S.C9H8O2/c11-10(12,13)18(15,16)17-9-3-1-2-6-7(9)4-5-8(6)14;10-8-3-1-2-6-7(8)4-5-9(6)11/h1-3H,4-5H2;1-3,10H,4-5H2. The maximum absolute atomic E-state index is 12.2. The van der Waals surface area contributed by atoms with Gasteiger partial charge in [-0.1, -0.05) is 24.3 Å². The number of aromatic hydroxyl groups is 1. The number of hydrogen-bond acceptors (Lipinski definition) is 6. The van der Waals surface area contributed by atoms with Crippen molar-refractivity contribution >= 4 is 21.7 Å². The average Bonchev–Trinajstić information content (AvgIpc) is 3.20. The van der Waals surface area contributed by atoms with E-state index in [1.54, 1.807) is 18.2 Å². The lowest BCUT2D eigenvalue weighted by molar-refractivity contribution is -0.0500. The molecule has 2 aliphatic carbocycles. The van der Waals surface area contributed by atoms with Gasteiger partial charge in [0.05, 0.1) is 0 Å². The van der Waals surface area contributed by atoms with E-state index in [0.29, 0.717) is 18.4 Å². The Balaban J connectivity index is 0.000000186. The predicted molar refractivity (Wildman–Crippen MR) is 95.5 cm³/mol. The maximum atomic E-state index is 12.2. The Morgan fingerprint density at radius 2 is 1.34 bits per heavy atom. The summed E-state index contributed by atoms with van der Waals surface area (Å²) in [7, 11) is -5.70. The minimum atomic E-state index is -5.70. The number of benzene rings is 2. The molecular formula is C19H15F3O6S. The Hall–Kier alpha value is -2.88. The summed E-state index contributed by atoms with van der Waals surface area (Å²) < 4.78 is 62.3. The smallest absolute Gasteiger partial charge is 0.508 e. The molecule has 0 unspecified atom stereocenters. The molecule has 6 nitrogen and oxygen atoms in total. The zero-order valence-electron chi connectivity index (χ0n) is 14.8. The molecule has 0 amide bonds. The molecule has 10 heteroatoms. The van der Waals surface area contributed by atoms with Crippen LogP contribution in [-0.2, 0) is 23.0 Å². The second kappa shape index (κ2) is 7.51. The van der Waals surface area contributed by atoms with Crippen LogP contribution in [0.1, 0.15) is 44.7 Å². The topological polar surface area (TPSA) is 97.7 Å². The third-order valence-corrected chi connectivity index (χ3v) is 5.54. The van der Waals surface area contributed by atoms with Crippen LogP contribution >= 0.6 is 0 Å². The van der Waals surface area contributed by atoms with Crippen LogP contribution in [0.4, 0.5) is 13.2 Å². The zero-order valence-corrected chi connectivity index (χ0v) is 15.6. The molecular weight excluding hydrogens is 413 g/mol. The van der Waals surface area contributed by atoms with Crippen LogP contribution in [0.25, 0.3) is 0 Å². The van der Waals surface area contributed by atoms with Gasteiger partial charge in [-0.15, -0.1) is 0 Å². The number of phenols is 1. The van der Waals surface area contributed by atoms with E-state index in [2.05, 4.69) is 4.18 Å². The van der Waals surface area contributed by atoms with Crippen molar-refractivity contribution in [3.8, 4) is 11.5 Å². The molecule has 154 valence electrons. The van der Waals surface area contributed by atoms with Crippen molar-refractivity contribution in [1.29, 1.82) is 0 Å². The molecule has 0 saturated carbocycles. The number of ketones is 2. The molecule has 0 bridgehead atoms. The molecule has 4 rings (SSSR count). The van der Waals surface area contributed by atoms with Gasteiger partial charge in [0.2, 0.25) is 0 Å². The second-order valence-electron chi connectivity index (χ2n) is 6.42. The molecule has 2 aromatic rings. The fourth-order valence-corrected chi connectivity index (χ4v) is 3.66. The summed E-state index contributed by atoms with van der Waals surface area (Å²) in [6.07, 6.45) is 1.56. The summed E-state index contributed by atoms with van der Waals surface area (Å²) in [5.41, 5.74) is -3.55. The Morgan fingerprint density at radius 3 is 1.90 bits per heavy atom. The minimum Gasteiger partial charge on any atom is -0.508 e. The highest BCUT2D eigenvalue weighted by Gasteiger charge is 2.49. The van der Waals surface area contributed by atoms with Gasteiger partial charge in [-0.3, -0.25) is 9.59 Å². The largest absolute Gasteiger partial charge is 0.534 e. The SMILES string of the molecule is O=C1CCc2c(O)cccc21.O=C1CCc2c(OS(=O)(=O)C(F)(F)F)cccc21. The highest BCUT2D eigenvalue weighted by atomic mass is 32.2. The summed E-state index contributed by atoms with van der Waals surface area (Å²) in [5, 5.41) is 9.30. The third kappa shape index (κ3) is 4.12. The van der Waals surface area contributed by atoms with Gasteiger partial charge in [0.1, 0.15) is 11.5 Å². The quantitative estimate of drug-likeness (QED) is 0.580. The number of rotatable bonds is 2. The van der Waals surface area contributed by atoms with Crippen molar-refractivity contribution in [2.24, 2.45) is 0 Å². The van der Waals surface area contributed by atoms with E-state index in [9.17, 15) is 36.3 Å². The van der Waals surface area contributed by atoms with E-state index < -0.39 is 21.4 Å². The molecule has 0 spiro atoms. The van der Waals surface area contributed by atoms with Gasteiger partial charge in [-0.2, -0.15) is 21.6 Å². The van der Waals surface area contributed by atoms with Crippen LogP contribution in [0.15, 0.2) is 36.4 Å². The molecule has 1 N–H and O–H groups in total. The second-order valence-corrected chi connectivity index (χ2v) is 7.95. The number of alkyl halides is 3. The van der Waals surface area contributed by atoms with Gasteiger partial charge in [0, 0.05) is 35.1 Å². The van der Waals surface area contributed by atoms with E-state index in [0.717, 1.165) is 11.6 Å². The lowest BCUT2D eigenvalue weighted by Crippen LogP contribution is -2.28. The van der Waals surface area contributed by atoms with Crippen LogP contribution in [0.3, 0.4) is 0 Å².